The second kappa shape index (κ2) is 7.40. The standard InChI is InChI=1S/C20H18F2N2O4/c1-10(19(27)23-9-25)18-11(2)24(17-6-4-13(26)8-14(17)18)20(28)12-3-5-15(21)16(22)7-12/h3-8,10,25-26H,9H2,1-2H3,(H,23,27)/t10-/m1/s1. The van der Waals surface area contributed by atoms with Crippen LogP contribution in [0.25, 0.3) is 10.9 Å². The van der Waals surface area contributed by atoms with E-state index in [-0.39, 0.29) is 11.3 Å². The van der Waals surface area contributed by atoms with E-state index < -0.39 is 36.1 Å². The summed E-state index contributed by atoms with van der Waals surface area (Å²) in [4.78, 5) is 25.3. The Bertz CT molecular complexity index is 1090. The number of rotatable bonds is 4. The summed E-state index contributed by atoms with van der Waals surface area (Å²) in [6.07, 6.45) is 0. The van der Waals surface area contributed by atoms with Gasteiger partial charge >= 0.3 is 0 Å². The third kappa shape index (κ3) is 3.22. The van der Waals surface area contributed by atoms with E-state index in [1.165, 1.54) is 28.8 Å². The van der Waals surface area contributed by atoms with Gasteiger partial charge in [-0.05, 0) is 55.8 Å². The van der Waals surface area contributed by atoms with E-state index in [4.69, 9.17) is 5.11 Å². The number of halogens is 2. The SMILES string of the molecule is Cc1c([C@@H](C)C(=O)NCO)c2cc(O)ccc2n1C(=O)c1ccc(F)c(F)c1. The third-order valence-electron chi connectivity index (χ3n) is 4.69. The van der Waals surface area contributed by atoms with Gasteiger partial charge in [0.25, 0.3) is 5.91 Å². The molecule has 0 saturated heterocycles. The summed E-state index contributed by atoms with van der Waals surface area (Å²) in [5.74, 6) is -4.07. The number of nitrogens with zero attached hydrogens (tertiary/aromatic N) is 1. The Morgan fingerprint density at radius 3 is 2.50 bits per heavy atom. The molecule has 28 heavy (non-hydrogen) atoms. The van der Waals surface area contributed by atoms with E-state index in [0.717, 1.165) is 12.1 Å². The number of fused-ring (bicyclic) bond motifs is 1. The van der Waals surface area contributed by atoms with E-state index in [1.807, 2.05) is 0 Å². The predicted octanol–water partition coefficient (Wildman–Crippen LogP) is 2.79. The minimum absolute atomic E-state index is 0.0547. The van der Waals surface area contributed by atoms with Crippen molar-refractivity contribution in [3.8, 4) is 5.75 Å². The molecule has 0 aliphatic carbocycles. The molecular weight excluding hydrogens is 370 g/mol. The molecule has 0 radical (unpaired) electrons. The highest BCUT2D eigenvalue weighted by molar-refractivity contribution is 6.05. The molecule has 8 heteroatoms. The molecule has 3 rings (SSSR count). The second-order valence-electron chi connectivity index (χ2n) is 6.39. The number of benzene rings is 2. The molecule has 0 aliphatic rings. The number of aromatic nitrogens is 1. The zero-order chi connectivity index (χ0) is 20.6. The zero-order valence-electron chi connectivity index (χ0n) is 15.2. The molecule has 0 saturated carbocycles. The fourth-order valence-corrected chi connectivity index (χ4v) is 3.36. The number of aliphatic hydroxyl groups excluding tert-OH is 1. The lowest BCUT2D eigenvalue weighted by atomic mass is 9.97. The van der Waals surface area contributed by atoms with E-state index in [2.05, 4.69) is 5.32 Å². The quantitative estimate of drug-likeness (QED) is 0.600. The van der Waals surface area contributed by atoms with Crippen molar-refractivity contribution in [2.24, 2.45) is 0 Å². The normalized spacial score (nSPS) is 12.2. The van der Waals surface area contributed by atoms with Gasteiger partial charge in [0.2, 0.25) is 5.91 Å². The van der Waals surface area contributed by atoms with Gasteiger partial charge in [-0.1, -0.05) is 0 Å². The van der Waals surface area contributed by atoms with Crippen LogP contribution in [0.4, 0.5) is 8.78 Å². The number of amides is 1. The zero-order valence-corrected chi connectivity index (χ0v) is 15.2. The van der Waals surface area contributed by atoms with Gasteiger partial charge in [0, 0.05) is 16.6 Å². The van der Waals surface area contributed by atoms with Gasteiger partial charge in [-0.15, -0.1) is 0 Å². The molecule has 1 amide bonds. The van der Waals surface area contributed by atoms with Crippen molar-refractivity contribution in [2.75, 3.05) is 6.73 Å². The summed E-state index contributed by atoms with van der Waals surface area (Å²) in [7, 11) is 0. The lowest BCUT2D eigenvalue weighted by molar-refractivity contribution is -0.123. The minimum atomic E-state index is -1.14. The summed E-state index contributed by atoms with van der Waals surface area (Å²) in [5.41, 5.74) is 1.23. The summed E-state index contributed by atoms with van der Waals surface area (Å²) < 4.78 is 28.1. The second-order valence-corrected chi connectivity index (χ2v) is 6.39. The van der Waals surface area contributed by atoms with Gasteiger partial charge in [-0.2, -0.15) is 0 Å². The molecule has 3 aromatic rings. The molecule has 1 aromatic heterocycles. The molecule has 0 fully saturated rings. The fourth-order valence-electron chi connectivity index (χ4n) is 3.36. The lowest BCUT2D eigenvalue weighted by Crippen LogP contribution is -2.29. The molecule has 0 spiro atoms. The van der Waals surface area contributed by atoms with Crippen LogP contribution in [0.5, 0.6) is 5.75 Å². The first kappa shape index (κ1) is 19.5. The predicted molar refractivity (Wildman–Crippen MR) is 98.1 cm³/mol. The van der Waals surface area contributed by atoms with Crippen LogP contribution in [0.2, 0.25) is 0 Å². The van der Waals surface area contributed by atoms with Crippen LogP contribution in [0, 0.1) is 18.6 Å². The molecule has 1 atom stereocenters. The topological polar surface area (TPSA) is 91.6 Å². The van der Waals surface area contributed by atoms with Gasteiger partial charge in [-0.25, -0.2) is 8.78 Å². The Morgan fingerprint density at radius 1 is 1.14 bits per heavy atom. The van der Waals surface area contributed by atoms with Crippen LogP contribution in [0.15, 0.2) is 36.4 Å². The summed E-state index contributed by atoms with van der Waals surface area (Å²) in [6.45, 7) is 2.68. The highest BCUT2D eigenvalue weighted by Gasteiger charge is 2.27. The average molecular weight is 388 g/mol. The van der Waals surface area contributed by atoms with E-state index >= 15 is 0 Å². The highest BCUT2D eigenvalue weighted by atomic mass is 19.2. The van der Waals surface area contributed by atoms with Gasteiger partial charge in [0.15, 0.2) is 11.6 Å². The largest absolute Gasteiger partial charge is 0.508 e. The van der Waals surface area contributed by atoms with Crippen molar-refractivity contribution in [2.45, 2.75) is 19.8 Å². The van der Waals surface area contributed by atoms with Crippen LogP contribution in [-0.2, 0) is 4.79 Å². The summed E-state index contributed by atoms with van der Waals surface area (Å²) in [6, 6.07) is 7.18. The van der Waals surface area contributed by atoms with Crippen LogP contribution in [0.1, 0.15) is 34.5 Å². The molecule has 0 aliphatic heterocycles. The molecule has 3 N–H and O–H groups in total. The first-order valence-corrected chi connectivity index (χ1v) is 8.48. The number of hydrogen-bond donors (Lipinski definition) is 3. The van der Waals surface area contributed by atoms with Gasteiger partial charge in [0.05, 0.1) is 11.4 Å². The Kier molecular flexibility index (Phi) is 5.15. The Balaban J connectivity index is 2.23. The number of nitrogens with one attached hydrogen (secondary N) is 1. The number of aliphatic hydroxyl groups is 1. The van der Waals surface area contributed by atoms with Gasteiger partial charge in [-0.3, -0.25) is 14.2 Å². The van der Waals surface area contributed by atoms with Crippen molar-refractivity contribution in [3.05, 3.63) is 64.9 Å². The smallest absolute Gasteiger partial charge is 0.262 e. The fraction of sp³-hybridized carbons (Fsp3) is 0.200. The summed E-state index contributed by atoms with van der Waals surface area (Å²) in [5, 5.41) is 21.6. The van der Waals surface area contributed by atoms with E-state index in [1.54, 1.807) is 13.8 Å². The van der Waals surface area contributed by atoms with E-state index in [9.17, 15) is 23.5 Å². The Labute approximate surface area is 159 Å². The number of carbonyl (C=O) groups is 2. The maximum atomic E-state index is 13.6. The maximum absolute atomic E-state index is 13.6. The molecule has 0 unspecified atom stereocenters. The van der Waals surface area contributed by atoms with Crippen molar-refractivity contribution < 1.29 is 28.6 Å². The minimum Gasteiger partial charge on any atom is -0.508 e. The number of carbonyl (C=O) groups excluding carboxylic acids is 2. The van der Waals surface area contributed by atoms with Crippen molar-refractivity contribution in [1.29, 1.82) is 0 Å². The molecule has 146 valence electrons. The van der Waals surface area contributed by atoms with Crippen LogP contribution in [-0.4, -0.2) is 33.3 Å². The Morgan fingerprint density at radius 2 is 1.86 bits per heavy atom. The first-order chi connectivity index (χ1) is 13.3. The van der Waals surface area contributed by atoms with Crippen molar-refractivity contribution >= 4 is 22.7 Å². The maximum Gasteiger partial charge on any atom is 0.262 e. The van der Waals surface area contributed by atoms with Crippen LogP contribution in [0.3, 0.4) is 0 Å². The average Bonchev–Trinajstić information content (AvgIpc) is 2.94. The molecule has 6 nitrogen and oxygen atoms in total. The van der Waals surface area contributed by atoms with Crippen LogP contribution < -0.4 is 5.32 Å². The van der Waals surface area contributed by atoms with E-state index in [0.29, 0.717) is 22.2 Å². The molecular formula is C20H18F2N2O4. The number of phenols is 1. The lowest BCUT2D eigenvalue weighted by Gasteiger charge is -2.12. The van der Waals surface area contributed by atoms with Crippen molar-refractivity contribution in [3.63, 3.8) is 0 Å². The first-order valence-electron chi connectivity index (χ1n) is 8.48. The number of aromatic hydroxyl groups is 1. The molecule has 2 aromatic carbocycles. The highest BCUT2D eigenvalue weighted by Crippen LogP contribution is 2.34. The number of hydrogen-bond acceptors (Lipinski definition) is 4. The monoisotopic (exact) mass is 388 g/mol. The van der Waals surface area contributed by atoms with Crippen molar-refractivity contribution in [1.82, 2.24) is 9.88 Å². The van der Waals surface area contributed by atoms with Crippen LogP contribution >= 0.6 is 0 Å². The van der Waals surface area contributed by atoms with Gasteiger partial charge < -0.3 is 15.5 Å². The third-order valence-corrected chi connectivity index (χ3v) is 4.69. The Hall–Kier alpha value is -3.26. The summed E-state index contributed by atoms with van der Waals surface area (Å²) >= 11 is 0. The molecule has 1 heterocycles. The number of phenolic OH excluding ortho intramolecular Hbond substituents is 1. The molecule has 0 bridgehead atoms. The van der Waals surface area contributed by atoms with Gasteiger partial charge in [0.1, 0.15) is 12.5 Å².